The molecule has 0 spiro atoms. The molecular formula is C16H22O3. The topological polar surface area (TPSA) is 38.7 Å². The van der Waals surface area contributed by atoms with Crippen molar-refractivity contribution in [2.24, 2.45) is 5.92 Å². The molecule has 2 rings (SSSR count). The number of ether oxygens (including phenoxy) is 2. The van der Waals surface area contributed by atoms with E-state index in [1.54, 1.807) is 6.08 Å². The lowest BCUT2D eigenvalue weighted by molar-refractivity contribution is -0.206. The molecule has 19 heavy (non-hydrogen) atoms. The van der Waals surface area contributed by atoms with Crippen LogP contribution < -0.4 is 0 Å². The van der Waals surface area contributed by atoms with E-state index in [4.69, 9.17) is 9.47 Å². The van der Waals surface area contributed by atoms with E-state index >= 15 is 0 Å². The summed E-state index contributed by atoms with van der Waals surface area (Å²) in [5, 5.41) is 10.7. The van der Waals surface area contributed by atoms with Gasteiger partial charge in [0.2, 0.25) is 0 Å². The number of rotatable bonds is 4. The van der Waals surface area contributed by atoms with Gasteiger partial charge in [0.25, 0.3) is 0 Å². The van der Waals surface area contributed by atoms with Gasteiger partial charge in [-0.15, -0.1) is 6.58 Å². The summed E-state index contributed by atoms with van der Waals surface area (Å²) in [7, 11) is 0. The lowest BCUT2D eigenvalue weighted by Crippen LogP contribution is -2.57. The molecule has 4 atom stereocenters. The van der Waals surface area contributed by atoms with Gasteiger partial charge in [-0.1, -0.05) is 43.3 Å². The van der Waals surface area contributed by atoms with Crippen LogP contribution in [0.2, 0.25) is 0 Å². The Hall–Kier alpha value is -1.16. The monoisotopic (exact) mass is 262 g/mol. The minimum atomic E-state index is -1.04. The molecule has 1 aliphatic rings. The zero-order valence-corrected chi connectivity index (χ0v) is 11.6. The Balaban J connectivity index is 2.04. The van der Waals surface area contributed by atoms with Crippen LogP contribution in [-0.4, -0.2) is 29.5 Å². The maximum Gasteiger partial charge on any atom is 0.116 e. The Morgan fingerprint density at radius 2 is 2.11 bits per heavy atom. The van der Waals surface area contributed by atoms with Crippen LogP contribution in [0, 0.1) is 5.92 Å². The van der Waals surface area contributed by atoms with E-state index in [0.29, 0.717) is 13.2 Å². The van der Waals surface area contributed by atoms with Gasteiger partial charge in [-0.3, -0.25) is 0 Å². The number of hydrogen-bond donors (Lipinski definition) is 1. The van der Waals surface area contributed by atoms with Crippen molar-refractivity contribution < 1.29 is 14.6 Å². The molecular weight excluding hydrogens is 240 g/mol. The number of hydrogen-bond acceptors (Lipinski definition) is 3. The van der Waals surface area contributed by atoms with Crippen LogP contribution in [0.15, 0.2) is 43.0 Å². The first-order chi connectivity index (χ1) is 9.08. The van der Waals surface area contributed by atoms with E-state index in [1.807, 2.05) is 44.2 Å². The van der Waals surface area contributed by atoms with Crippen molar-refractivity contribution in [2.45, 2.75) is 38.3 Å². The Labute approximate surface area is 114 Å². The fourth-order valence-corrected chi connectivity index (χ4v) is 2.46. The van der Waals surface area contributed by atoms with Crippen LogP contribution in [0.4, 0.5) is 0 Å². The fraction of sp³-hybridized carbons (Fsp3) is 0.500. The summed E-state index contributed by atoms with van der Waals surface area (Å²) in [6.07, 6.45) is 1.21. The lowest BCUT2D eigenvalue weighted by Gasteiger charge is -2.45. The SMILES string of the molecule is C=C[C@@]1(O)C(OCc2ccccc2)COC(C)[C@H]1C. The molecule has 3 heteroatoms. The van der Waals surface area contributed by atoms with E-state index in [-0.39, 0.29) is 18.1 Å². The van der Waals surface area contributed by atoms with Crippen LogP contribution in [0.5, 0.6) is 0 Å². The quantitative estimate of drug-likeness (QED) is 0.848. The number of aliphatic hydroxyl groups is 1. The molecule has 1 fully saturated rings. The summed E-state index contributed by atoms with van der Waals surface area (Å²) in [5.74, 6) is -0.0421. The first-order valence-corrected chi connectivity index (χ1v) is 6.71. The highest BCUT2D eigenvalue weighted by Gasteiger charge is 2.46. The van der Waals surface area contributed by atoms with Crippen molar-refractivity contribution in [2.75, 3.05) is 6.61 Å². The summed E-state index contributed by atoms with van der Waals surface area (Å²) in [6, 6.07) is 9.92. The summed E-state index contributed by atoms with van der Waals surface area (Å²) in [6.45, 7) is 8.54. The Bertz CT molecular complexity index is 417. The van der Waals surface area contributed by atoms with Gasteiger partial charge in [-0.2, -0.15) is 0 Å². The molecule has 2 unspecified atom stereocenters. The molecule has 0 amide bonds. The summed E-state index contributed by atoms with van der Waals surface area (Å²) in [5.41, 5.74) is 0.0482. The molecule has 1 aliphatic heterocycles. The molecule has 1 heterocycles. The Kier molecular flexibility index (Phi) is 4.40. The molecule has 0 aliphatic carbocycles. The van der Waals surface area contributed by atoms with Crippen molar-refractivity contribution in [1.82, 2.24) is 0 Å². The highest BCUT2D eigenvalue weighted by Crippen LogP contribution is 2.34. The minimum Gasteiger partial charge on any atom is -0.383 e. The maximum absolute atomic E-state index is 10.7. The largest absolute Gasteiger partial charge is 0.383 e. The molecule has 0 radical (unpaired) electrons. The van der Waals surface area contributed by atoms with Crippen molar-refractivity contribution in [1.29, 1.82) is 0 Å². The smallest absolute Gasteiger partial charge is 0.116 e. The second-order valence-electron chi connectivity index (χ2n) is 5.20. The molecule has 3 nitrogen and oxygen atoms in total. The van der Waals surface area contributed by atoms with E-state index in [0.717, 1.165) is 5.56 Å². The molecule has 1 aromatic rings. The van der Waals surface area contributed by atoms with Gasteiger partial charge >= 0.3 is 0 Å². The highest BCUT2D eigenvalue weighted by molar-refractivity contribution is 5.14. The van der Waals surface area contributed by atoms with E-state index in [9.17, 15) is 5.11 Å². The van der Waals surface area contributed by atoms with Crippen LogP contribution >= 0.6 is 0 Å². The minimum absolute atomic E-state index is 0.000393. The van der Waals surface area contributed by atoms with Crippen molar-refractivity contribution >= 4 is 0 Å². The van der Waals surface area contributed by atoms with Crippen LogP contribution in [0.3, 0.4) is 0 Å². The first kappa shape index (κ1) is 14.3. The second-order valence-corrected chi connectivity index (χ2v) is 5.20. The first-order valence-electron chi connectivity index (χ1n) is 6.71. The van der Waals surface area contributed by atoms with Crippen molar-refractivity contribution in [3.05, 3.63) is 48.6 Å². The van der Waals surface area contributed by atoms with Crippen LogP contribution in [0.1, 0.15) is 19.4 Å². The zero-order valence-electron chi connectivity index (χ0n) is 11.6. The number of benzene rings is 1. The zero-order chi connectivity index (χ0) is 13.9. The van der Waals surface area contributed by atoms with Gasteiger partial charge in [0.05, 0.1) is 19.3 Å². The molecule has 0 bridgehead atoms. The second kappa shape index (κ2) is 5.87. The predicted octanol–water partition coefficient (Wildman–Crippen LogP) is 2.54. The Morgan fingerprint density at radius 3 is 2.74 bits per heavy atom. The van der Waals surface area contributed by atoms with Gasteiger partial charge in [0, 0.05) is 5.92 Å². The van der Waals surface area contributed by atoms with Gasteiger partial charge < -0.3 is 14.6 Å². The average Bonchev–Trinajstić information content (AvgIpc) is 2.45. The van der Waals surface area contributed by atoms with E-state index in [2.05, 4.69) is 6.58 Å². The van der Waals surface area contributed by atoms with Crippen molar-refractivity contribution in [3.63, 3.8) is 0 Å². The van der Waals surface area contributed by atoms with Gasteiger partial charge in [0.1, 0.15) is 11.7 Å². The van der Waals surface area contributed by atoms with Crippen LogP contribution in [0.25, 0.3) is 0 Å². The standard InChI is InChI=1S/C16H22O3/c1-4-16(17)12(2)13(3)18-11-15(16)19-10-14-8-6-5-7-9-14/h4-9,12-13,15,17H,1,10-11H2,2-3H3/t12-,13?,15?,16+/m1/s1. The van der Waals surface area contributed by atoms with E-state index in [1.165, 1.54) is 0 Å². The predicted molar refractivity (Wildman–Crippen MR) is 74.7 cm³/mol. The molecule has 0 saturated carbocycles. The lowest BCUT2D eigenvalue weighted by atomic mass is 9.79. The Morgan fingerprint density at radius 1 is 1.42 bits per heavy atom. The van der Waals surface area contributed by atoms with Crippen LogP contribution in [-0.2, 0) is 16.1 Å². The third kappa shape index (κ3) is 2.89. The highest BCUT2D eigenvalue weighted by atomic mass is 16.6. The molecule has 104 valence electrons. The van der Waals surface area contributed by atoms with Gasteiger partial charge in [0.15, 0.2) is 0 Å². The van der Waals surface area contributed by atoms with E-state index < -0.39 is 5.60 Å². The third-order valence-electron chi connectivity index (χ3n) is 4.08. The summed E-state index contributed by atoms with van der Waals surface area (Å²) >= 11 is 0. The summed E-state index contributed by atoms with van der Waals surface area (Å²) in [4.78, 5) is 0. The van der Waals surface area contributed by atoms with Gasteiger partial charge in [-0.25, -0.2) is 0 Å². The van der Waals surface area contributed by atoms with Crippen molar-refractivity contribution in [3.8, 4) is 0 Å². The summed E-state index contributed by atoms with van der Waals surface area (Å²) < 4.78 is 11.5. The average molecular weight is 262 g/mol. The maximum atomic E-state index is 10.7. The fourth-order valence-electron chi connectivity index (χ4n) is 2.46. The molecule has 0 aromatic heterocycles. The third-order valence-corrected chi connectivity index (χ3v) is 4.08. The normalized spacial score (nSPS) is 35.0. The van der Waals surface area contributed by atoms with Gasteiger partial charge in [-0.05, 0) is 12.5 Å². The molecule has 1 saturated heterocycles. The molecule has 1 aromatic carbocycles. The molecule has 1 N–H and O–H groups in total.